The summed E-state index contributed by atoms with van der Waals surface area (Å²) >= 11 is 7.01. The van der Waals surface area contributed by atoms with Gasteiger partial charge in [0.25, 0.3) is 11.5 Å². The minimum absolute atomic E-state index is 0.0691. The van der Waals surface area contributed by atoms with Crippen molar-refractivity contribution in [3.05, 3.63) is 96.5 Å². The molecule has 2 aromatic carbocycles. The summed E-state index contributed by atoms with van der Waals surface area (Å²) in [4.78, 5) is 57.1. The van der Waals surface area contributed by atoms with Gasteiger partial charge in [0, 0.05) is 67.4 Å². The van der Waals surface area contributed by atoms with Gasteiger partial charge >= 0.3 is 11.7 Å². The highest BCUT2D eigenvalue weighted by Crippen LogP contribution is 2.46. The molecule has 1 saturated heterocycles. The molecule has 2 aliphatic rings. The first-order valence-corrected chi connectivity index (χ1v) is 16.0. The quantitative estimate of drug-likeness (QED) is 0.268. The number of ether oxygens (including phenoxy) is 2. The molecule has 2 aromatic heterocycles. The van der Waals surface area contributed by atoms with Crippen LogP contribution in [0.5, 0.6) is 5.88 Å². The first kappa shape index (κ1) is 33.1. The minimum Gasteiger partial charge on any atom is -0.481 e. The maximum atomic E-state index is 15.5. The summed E-state index contributed by atoms with van der Waals surface area (Å²) in [6.07, 6.45) is 2.82. The highest BCUT2D eigenvalue weighted by molar-refractivity contribution is 6.36. The van der Waals surface area contributed by atoms with E-state index in [2.05, 4.69) is 10.2 Å². The van der Waals surface area contributed by atoms with Crippen LogP contribution in [0.3, 0.4) is 0 Å². The highest BCUT2D eigenvalue weighted by Gasteiger charge is 2.42. The van der Waals surface area contributed by atoms with Gasteiger partial charge < -0.3 is 19.4 Å². The van der Waals surface area contributed by atoms with Crippen LogP contribution in [0, 0.1) is 18.7 Å². The summed E-state index contributed by atoms with van der Waals surface area (Å²) in [5.74, 6) is -1.13. The number of pyridine rings is 1. The lowest BCUT2D eigenvalue weighted by Crippen LogP contribution is -2.51. The lowest BCUT2D eigenvalue weighted by molar-refractivity contribution is -0.155. The summed E-state index contributed by atoms with van der Waals surface area (Å²) < 4.78 is 28.5. The van der Waals surface area contributed by atoms with E-state index < -0.39 is 23.0 Å². The van der Waals surface area contributed by atoms with Crippen molar-refractivity contribution in [3.63, 3.8) is 0 Å². The van der Waals surface area contributed by atoms with E-state index in [9.17, 15) is 19.2 Å². The van der Waals surface area contributed by atoms with Gasteiger partial charge in [0.05, 0.1) is 30.4 Å². The van der Waals surface area contributed by atoms with Gasteiger partial charge in [-0.2, -0.15) is 0 Å². The molecule has 1 aliphatic heterocycles. The SMILES string of the molecule is CCOC(=O)C1CN(C2CCc3cc(-c4cccc(-c5c(F)ccc(NC(=O)c6cn(C)c(=O)n(C)c6=O)c5C)c4Cl)nc(OC)c32)C1. The monoisotopic (exact) mass is 675 g/mol. The highest BCUT2D eigenvalue weighted by atomic mass is 35.5. The molecule has 48 heavy (non-hydrogen) atoms. The number of carbonyl (C=O) groups is 2. The van der Waals surface area contributed by atoms with Crippen molar-refractivity contribution in [1.82, 2.24) is 19.0 Å². The number of methoxy groups -OCH3 is 1. The number of hydrogen-bond donors (Lipinski definition) is 1. The number of fused-ring (bicyclic) bond motifs is 1. The van der Waals surface area contributed by atoms with Crippen molar-refractivity contribution in [3.8, 4) is 28.3 Å². The van der Waals surface area contributed by atoms with Crippen LogP contribution >= 0.6 is 11.6 Å². The maximum absolute atomic E-state index is 15.5. The van der Waals surface area contributed by atoms with Crippen LogP contribution < -0.4 is 21.3 Å². The molecule has 11 nitrogen and oxygen atoms in total. The fourth-order valence-corrected chi connectivity index (χ4v) is 6.96. The summed E-state index contributed by atoms with van der Waals surface area (Å²) in [6.45, 7) is 5.05. The lowest BCUT2D eigenvalue weighted by Gasteiger charge is -2.42. The van der Waals surface area contributed by atoms with E-state index in [1.807, 2.05) is 6.07 Å². The van der Waals surface area contributed by atoms with Gasteiger partial charge in [-0.3, -0.25) is 23.9 Å². The molecule has 1 atom stereocenters. The number of benzene rings is 2. The fourth-order valence-electron chi connectivity index (χ4n) is 6.64. The zero-order valence-electron chi connectivity index (χ0n) is 27.2. The molecule has 1 fully saturated rings. The molecular weight excluding hydrogens is 641 g/mol. The van der Waals surface area contributed by atoms with Gasteiger partial charge in [0.2, 0.25) is 5.88 Å². The van der Waals surface area contributed by atoms with Crippen LogP contribution in [0.25, 0.3) is 22.4 Å². The third-order valence-electron chi connectivity index (χ3n) is 9.19. The van der Waals surface area contributed by atoms with Gasteiger partial charge in [-0.25, -0.2) is 14.2 Å². The number of nitrogens with one attached hydrogen (secondary N) is 1. The largest absolute Gasteiger partial charge is 0.481 e. The third-order valence-corrected chi connectivity index (χ3v) is 9.60. The number of esters is 1. The fraction of sp³-hybridized carbons (Fsp3) is 0.343. The number of rotatable bonds is 8. The standard InChI is InChI=1S/C35H35ClFN5O6/c1-6-48-34(45)20-15-42(16-20)27-13-10-19-14-26(39-32(47-5)29(19)27)21-8-7-9-22(30(21)36)28-18(2)25(12-11-24(28)37)38-31(43)23-17-40(3)35(46)41(4)33(23)44/h7-9,11-12,14,17,20,27H,6,10,13,15-16H2,1-5H3,(H,38,43). The molecule has 4 aromatic rings. The number of amides is 1. The van der Waals surface area contributed by atoms with Crippen molar-refractivity contribution < 1.29 is 23.5 Å². The van der Waals surface area contributed by atoms with Crippen molar-refractivity contribution >= 4 is 29.2 Å². The maximum Gasteiger partial charge on any atom is 0.330 e. The van der Waals surface area contributed by atoms with Gasteiger partial charge in [0.1, 0.15) is 11.4 Å². The Labute approximate surface area is 280 Å². The second-order valence-corrected chi connectivity index (χ2v) is 12.4. The van der Waals surface area contributed by atoms with E-state index in [0.29, 0.717) is 48.0 Å². The lowest BCUT2D eigenvalue weighted by atomic mass is 9.94. The number of nitrogens with zero attached hydrogens (tertiary/aromatic N) is 4. The molecule has 1 N–H and O–H groups in total. The van der Waals surface area contributed by atoms with Crippen LogP contribution in [0.15, 0.2) is 52.2 Å². The van der Waals surface area contributed by atoms with Crippen LogP contribution in [0.2, 0.25) is 5.02 Å². The van der Waals surface area contributed by atoms with Crippen LogP contribution in [-0.2, 0) is 30.0 Å². The average molecular weight is 676 g/mol. The molecule has 1 unspecified atom stereocenters. The van der Waals surface area contributed by atoms with Crippen molar-refractivity contribution in [1.29, 1.82) is 0 Å². The summed E-state index contributed by atoms with van der Waals surface area (Å²) in [7, 11) is 4.30. The Kier molecular flexibility index (Phi) is 8.97. The molecule has 0 saturated carbocycles. The average Bonchev–Trinajstić information content (AvgIpc) is 3.46. The van der Waals surface area contributed by atoms with Gasteiger partial charge in [-0.1, -0.05) is 29.8 Å². The predicted molar refractivity (Wildman–Crippen MR) is 179 cm³/mol. The van der Waals surface area contributed by atoms with E-state index in [0.717, 1.165) is 33.1 Å². The topological polar surface area (TPSA) is 125 Å². The second kappa shape index (κ2) is 13.0. The number of anilines is 1. The molecule has 0 bridgehead atoms. The molecule has 0 radical (unpaired) electrons. The summed E-state index contributed by atoms with van der Waals surface area (Å²) in [6, 6.07) is 9.94. The van der Waals surface area contributed by atoms with E-state index in [4.69, 9.17) is 26.1 Å². The van der Waals surface area contributed by atoms with Crippen molar-refractivity contribution in [2.75, 3.05) is 32.1 Å². The van der Waals surface area contributed by atoms with E-state index in [-0.39, 0.29) is 39.8 Å². The van der Waals surface area contributed by atoms with Gasteiger partial charge in [-0.15, -0.1) is 0 Å². The van der Waals surface area contributed by atoms with Crippen LogP contribution in [-0.4, -0.2) is 57.7 Å². The van der Waals surface area contributed by atoms with Crippen molar-refractivity contribution in [2.45, 2.75) is 32.7 Å². The first-order chi connectivity index (χ1) is 22.9. The summed E-state index contributed by atoms with van der Waals surface area (Å²) in [5, 5.41) is 2.95. The van der Waals surface area contributed by atoms with Crippen molar-refractivity contribution in [2.24, 2.45) is 20.0 Å². The Balaban J connectivity index is 1.32. The van der Waals surface area contributed by atoms with E-state index >= 15 is 4.39 Å². The van der Waals surface area contributed by atoms with Gasteiger partial charge in [-0.05, 0) is 56.0 Å². The normalized spacial score (nSPS) is 15.9. The molecule has 1 aliphatic carbocycles. The zero-order chi connectivity index (χ0) is 34.4. The minimum atomic E-state index is -0.749. The Morgan fingerprint density at radius 2 is 1.85 bits per heavy atom. The Hall–Kier alpha value is -4.81. The molecule has 1 amide bonds. The number of likely N-dealkylation sites (tertiary alicyclic amines) is 1. The number of carbonyl (C=O) groups excluding carboxylic acids is 2. The number of aryl methyl sites for hydroxylation is 2. The van der Waals surface area contributed by atoms with Crippen LogP contribution in [0.4, 0.5) is 10.1 Å². The van der Waals surface area contributed by atoms with E-state index in [1.54, 1.807) is 39.2 Å². The molecule has 3 heterocycles. The van der Waals surface area contributed by atoms with E-state index in [1.165, 1.54) is 32.4 Å². The summed E-state index contributed by atoms with van der Waals surface area (Å²) in [5.41, 5.74) is 2.88. The molecule has 0 spiro atoms. The zero-order valence-corrected chi connectivity index (χ0v) is 28.0. The first-order valence-electron chi connectivity index (χ1n) is 15.6. The number of halogens is 2. The second-order valence-electron chi connectivity index (χ2n) is 12.1. The molecule has 13 heteroatoms. The third kappa shape index (κ3) is 5.68. The number of hydrogen-bond acceptors (Lipinski definition) is 8. The molecular formula is C35H35ClFN5O6. The Bertz CT molecular complexity index is 2090. The van der Waals surface area contributed by atoms with Crippen LogP contribution in [0.1, 0.15) is 46.4 Å². The van der Waals surface area contributed by atoms with Gasteiger partial charge in [0.15, 0.2) is 0 Å². The predicted octanol–water partition coefficient (Wildman–Crippen LogP) is 4.66. The molecule has 250 valence electrons. The Morgan fingerprint density at radius 3 is 2.56 bits per heavy atom. The number of aromatic nitrogens is 3. The Morgan fingerprint density at radius 1 is 1.12 bits per heavy atom. The molecule has 6 rings (SSSR count). The smallest absolute Gasteiger partial charge is 0.330 e.